The number of amides is 1. The zero-order valence-electron chi connectivity index (χ0n) is 15.4. The first-order valence-electron chi connectivity index (χ1n) is 8.59. The fraction of sp³-hybridized carbons (Fsp3) is 0.190. The summed E-state index contributed by atoms with van der Waals surface area (Å²) in [7, 11) is 0. The molecule has 1 amide bonds. The van der Waals surface area contributed by atoms with Gasteiger partial charge in [-0.3, -0.25) is 9.59 Å². The molecule has 0 saturated carbocycles. The predicted molar refractivity (Wildman–Crippen MR) is 108 cm³/mol. The molecule has 3 aromatic rings. The fourth-order valence-electron chi connectivity index (χ4n) is 2.65. The van der Waals surface area contributed by atoms with E-state index in [2.05, 4.69) is 10.4 Å². The van der Waals surface area contributed by atoms with E-state index in [0.717, 1.165) is 11.1 Å². The number of aryl methyl sites for hydroxylation is 2. The maximum Gasteiger partial charge on any atom is 0.267 e. The molecule has 1 N–H and O–H groups in total. The highest BCUT2D eigenvalue weighted by atomic mass is 35.5. The second-order valence-electron chi connectivity index (χ2n) is 6.47. The SMILES string of the molecule is Cc1ccc(-c2ccc(=O)n(C(C)C(=O)Nc3ccc(Cl)cc3)n2)cc1C. The maximum atomic E-state index is 12.6. The molecule has 0 fully saturated rings. The summed E-state index contributed by atoms with van der Waals surface area (Å²) in [5, 5.41) is 7.77. The number of nitrogens with one attached hydrogen (secondary N) is 1. The van der Waals surface area contributed by atoms with Crippen LogP contribution in [0, 0.1) is 13.8 Å². The van der Waals surface area contributed by atoms with Gasteiger partial charge < -0.3 is 5.32 Å². The lowest BCUT2D eigenvalue weighted by Crippen LogP contribution is -2.33. The number of anilines is 1. The van der Waals surface area contributed by atoms with Crippen LogP contribution in [0.3, 0.4) is 0 Å². The lowest BCUT2D eigenvalue weighted by Gasteiger charge is -2.15. The summed E-state index contributed by atoms with van der Waals surface area (Å²) in [5.74, 6) is -0.329. The molecule has 6 heteroatoms. The van der Waals surface area contributed by atoms with Gasteiger partial charge in [-0.15, -0.1) is 0 Å². The van der Waals surface area contributed by atoms with Crippen LogP contribution in [0.15, 0.2) is 59.4 Å². The van der Waals surface area contributed by atoms with Crippen LogP contribution in [0.2, 0.25) is 5.02 Å². The van der Waals surface area contributed by atoms with Crippen molar-refractivity contribution in [3.8, 4) is 11.3 Å². The molecule has 1 atom stereocenters. The Balaban J connectivity index is 1.88. The zero-order chi connectivity index (χ0) is 19.6. The average molecular weight is 382 g/mol. The second kappa shape index (κ2) is 7.76. The lowest BCUT2D eigenvalue weighted by atomic mass is 10.0. The molecule has 0 bridgehead atoms. The van der Waals surface area contributed by atoms with E-state index in [1.165, 1.54) is 16.3 Å². The molecule has 0 aliphatic heterocycles. The Morgan fingerprint density at radius 2 is 1.74 bits per heavy atom. The van der Waals surface area contributed by atoms with Crippen molar-refractivity contribution in [2.75, 3.05) is 5.32 Å². The molecule has 2 aromatic carbocycles. The van der Waals surface area contributed by atoms with Crippen molar-refractivity contribution in [1.82, 2.24) is 9.78 Å². The molecular formula is C21H20ClN3O2. The molecule has 27 heavy (non-hydrogen) atoms. The summed E-state index contributed by atoms with van der Waals surface area (Å²) >= 11 is 5.86. The summed E-state index contributed by atoms with van der Waals surface area (Å²) in [4.78, 5) is 24.8. The van der Waals surface area contributed by atoms with Crippen LogP contribution in [-0.4, -0.2) is 15.7 Å². The van der Waals surface area contributed by atoms with E-state index in [0.29, 0.717) is 16.4 Å². The van der Waals surface area contributed by atoms with E-state index in [1.807, 2.05) is 32.0 Å². The molecule has 0 aliphatic carbocycles. The van der Waals surface area contributed by atoms with Crippen molar-refractivity contribution in [2.24, 2.45) is 0 Å². The minimum Gasteiger partial charge on any atom is -0.324 e. The van der Waals surface area contributed by atoms with Crippen LogP contribution in [0.5, 0.6) is 0 Å². The molecule has 1 heterocycles. The Labute approximate surface area is 162 Å². The first kappa shape index (κ1) is 18.9. The van der Waals surface area contributed by atoms with Gasteiger partial charge in [-0.1, -0.05) is 23.7 Å². The number of carbonyl (C=O) groups is 1. The fourth-order valence-corrected chi connectivity index (χ4v) is 2.77. The highest BCUT2D eigenvalue weighted by Gasteiger charge is 2.18. The smallest absolute Gasteiger partial charge is 0.267 e. The number of carbonyl (C=O) groups excluding carboxylic acids is 1. The van der Waals surface area contributed by atoms with E-state index >= 15 is 0 Å². The van der Waals surface area contributed by atoms with Crippen LogP contribution < -0.4 is 10.9 Å². The number of aromatic nitrogens is 2. The number of rotatable bonds is 4. The van der Waals surface area contributed by atoms with Gasteiger partial charge in [-0.2, -0.15) is 5.10 Å². The molecule has 1 aromatic heterocycles. The largest absolute Gasteiger partial charge is 0.324 e. The van der Waals surface area contributed by atoms with E-state index in [-0.39, 0.29) is 11.5 Å². The Bertz CT molecular complexity index is 1040. The van der Waals surface area contributed by atoms with Crippen molar-refractivity contribution in [3.05, 3.63) is 81.1 Å². The van der Waals surface area contributed by atoms with Gasteiger partial charge in [0.15, 0.2) is 0 Å². The number of hydrogen-bond donors (Lipinski definition) is 1. The summed E-state index contributed by atoms with van der Waals surface area (Å²) in [6.45, 7) is 5.71. The summed E-state index contributed by atoms with van der Waals surface area (Å²) in [5.41, 5.74) is 4.14. The standard InChI is InChI=1S/C21H20ClN3O2/c1-13-4-5-16(12-14(13)2)19-10-11-20(26)25(24-19)15(3)21(27)23-18-8-6-17(22)7-9-18/h4-12,15H,1-3H3,(H,23,27). The van der Waals surface area contributed by atoms with E-state index in [9.17, 15) is 9.59 Å². The van der Waals surface area contributed by atoms with Crippen LogP contribution in [0.1, 0.15) is 24.1 Å². The lowest BCUT2D eigenvalue weighted by molar-refractivity contribution is -0.119. The Morgan fingerprint density at radius 1 is 1.04 bits per heavy atom. The molecule has 3 rings (SSSR count). The van der Waals surface area contributed by atoms with Gasteiger partial charge in [0.25, 0.3) is 5.56 Å². The molecule has 1 unspecified atom stereocenters. The second-order valence-corrected chi connectivity index (χ2v) is 6.91. The van der Waals surface area contributed by atoms with Crippen LogP contribution in [0.25, 0.3) is 11.3 Å². The number of halogens is 1. The van der Waals surface area contributed by atoms with Gasteiger partial charge >= 0.3 is 0 Å². The molecule has 0 radical (unpaired) electrons. The number of nitrogens with zero attached hydrogens (tertiary/aromatic N) is 2. The first-order chi connectivity index (χ1) is 12.8. The molecule has 138 valence electrons. The minimum absolute atomic E-state index is 0.329. The third-order valence-electron chi connectivity index (χ3n) is 4.49. The zero-order valence-corrected chi connectivity index (χ0v) is 16.1. The van der Waals surface area contributed by atoms with Gasteiger partial charge in [0, 0.05) is 22.3 Å². The summed E-state index contributed by atoms with van der Waals surface area (Å²) in [6.07, 6.45) is 0. The summed E-state index contributed by atoms with van der Waals surface area (Å²) < 4.78 is 1.20. The number of benzene rings is 2. The molecule has 0 spiro atoms. The maximum absolute atomic E-state index is 12.6. The van der Waals surface area contributed by atoms with Crippen molar-refractivity contribution >= 4 is 23.2 Å². The van der Waals surface area contributed by atoms with Crippen molar-refractivity contribution in [1.29, 1.82) is 0 Å². The first-order valence-corrected chi connectivity index (χ1v) is 8.97. The molecule has 0 saturated heterocycles. The minimum atomic E-state index is -0.764. The van der Waals surface area contributed by atoms with Crippen LogP contribution in [0.4, 0.5) is 5.69 Å². The Hall–Kier alpha value is -2.92. The Kier molecular flexibility index (Phi) is 5.42. The van der Waals surface area contributed by atoms with Gasteiger partial charge in [0.1, 0.15) is 6.04 Å². The van der Waals surface area contributed by atoms with Crippen molar-refractivity contribution in [3.63, 3.8) is 0 Å². The normalized spacial score (nSPS) is 11.9. The number of hydrogen-bond acceptors (Lipinski definition) is 3. The van der Waals surface area contributed by atoms with E-state index < -0.39 is 6.04 Å². The van der Waals surface area contributed by atoms with Gasteiger partial charge in [0.2, 0.25) is 5.91 Å². The predicted octanol–water partition coefficient (Wildman–Crippen LogP) is 4.38. The van der Waals surface area contributed by atoms with E-state index in [1.54, 1.807) is 37.3 Å². The topological polar surface area (TPSA) is 64.0 Å². The quantitative estimate of drug-likeness (QED) is 0.729. The van der Waals surface area contributed by atoms with Crippen LogP contribution >= 0.6 is 11.6 Å². The third kappa shape index (κ3) is 4.26. The molecular weight excluding hydrogens is 362 g/mol. The van der Waals surface area contributed by atoms with Gasteiger partial charge in [-0.25, -0.2) is 4.68 Å². The van der Waals surface area contributed by atoms with Crippen molar-refractivity contribution < 1.29 is 4.79 Å². The van der Waals surface area contributed by atoms with Crippen molar-refractivity contribution in [2.45, 2.75) is 26.8 Å². The van der Waals surface area contributed by atoms with Gasteiger partial charge in [0.05, 0.1) is 5.69 Å². The average Bonchev–Trinajstić information content (AvgIpc) is 2.65. The summed E-state index contributed by atoms with van der Waals surface area (Å²) in [6, 6.07) is 15.1. The van der Waals surface area contributed by atoms with E-state index in [4.69, 9.17) is 11.6 Å². The molecule has 0 aliphatic rings. The molecule has 5 nitrogen and oxygen atoms in total. The van der Waals surface area contributed by atoms with Crippen LogP contribution in [-0.2, 0) is 4.79 Å². The highest BCUT2D eigenvalue weighted by molar-refractivity contribution is 6.30. The highest BCUT2D eigenvalue weighted by Crippen LogP contribution is 2.20. The van der Waals surface area contributed by atoms with Gasteiger partial charge in [-0.05, 0) is 68.3 Å². The Morgan fingerprint density at radius 3 is 2.41 bits per heavy atom. The third-order valence-corrected chi connectivity index (χ3v) is 4.74. The monoisotopic (exact) mass is 381 g/mol.